The highest BCUT2D eigenvalue weighted by atomic mass is 32.1. The van der Waals surface area contributed by atoms with Crippen molar-refractivity contribution in [3.05, 3.63) is 17.5 Å². The SMILES string of the molecule is O=C1[C@@H](N2CCN(c3cccs3)CC2)CCN1CC(F)(F)F. The minimum absolute atomic E-state index is 0.203. The summed E-state index contributed by atoms with van der Waals surface area (Å²) in [4.78, 5) is 17.4. The summed E-state index contributed by atoms with van der Waals surface area (Å²) in [6, 6.07) is 3.68. The van der Waals surface area contributed by atoms with E-state index >= 15 is 0 Å². The highest BCUT2D eigenvalue weighted by Crippen LogP contribution is 2.26. The molecular weight excluding hydrogens is 315 g/mol. The second-order valence-electron chi connectivity index (χ2n) is 5.65. The van der Waals surface area contributed by atoms with E-state index < -0.39 is 12.7 Å². The number of hydrogen-bond acceptors (Lipinski definition) is 4. The van der Waals surface area contributed by atoms with E-state index in [-0.39, 0.29) is 18.5 Å². The zero-order valence-electron chi connectivity index (χ0n) is 12.1. The lowest BCUT2D eigenvalue weighted by molar-refractivity contribution is -0.159. The lowest BCUT2D eigenvalue weighted by Crippen LogP contribution is -2.52. The number of amides is 1. The third kappa shape index (κ3) is 3.38. The molecule has 0 bridgehead atoms. The quantitative estimate of drug-likeness (QED) is 0.847. The largest absolute Gasteiger partial charge is 0.406 e. The van der Waals surface area contributed by atoms with Gasteiger partial charge < -0.3 is 9.80 Å². The average molecular weight is 333 g/mol. The van der Waals surface area contributed by atoms with Gasteiger partial charge >= 0.3 is 6.18 Å². The van der Waals surface area contributed by atoms with E-state index in [0.717, 1.165) is 18.0 Å². The molecule has 0 saturated carbocycles. The Kier molecular flexibility index (Phi) is 4.31. The minimum Gasteiger partial charge on any atom is -0.361 e. The summed E-state index contributed by atoms with van der Waals surface area (Å²) < 4.78 is 37.3. The Bertz CT molecular complexity index is 512. The topological polar surface area (TPSA) is 26.8 Å². The molecule has 122 valence electrons. The monoisotopic (exact) mass is 333 g/mol. The maximum absolute atomic E-state index is 12.4. The average Bonchev–Trinajstić information content (AvgIpc) is 3.09. The zero-order valence-corrected chi connectivity index (χ0v) is 12.9. The van der Waals surface area contributed by atoms with Crippen LogP contribution in [0, 0.1) is 0 Å². The molecule has 1 aromatic heterocycles. The van der Waals surface area contributed by atoms with Gasteiger partial charge in [0.05, 0.1) is 11.0 Å². The zero-order chi connectivity index (χ0) is 15.7. The second-order valence-corrected chi connectivity index (χ2v) is 6.58. The van der Waals surface area contributed by atoms with Gasteiger partial charge in [-0.15, -0.1) is 11.3 Å². The molecule has 2 saturated heterocycles. The van der Waals surface area contributed by atoms with Gasteiger partial charge in [0.15, 0.2) is 0 Å². The molecular formula is C14H18F3N3OS. The van der Waals surface area contributed by atoms with Gasteiger partial charge in [-0.05, 0) is 23.9 Å². The van der Waals surface area contributed by atoms with Crippen LogP contribution >= 0.6 is 11.3 Å². The second kappa shape index (κ2) is 6.08. The molecule has 0 radical (unpaired) electrons. The Morgan fingerprint density at radius 1 is 1.18 bits per heavy atom. The number of hydrogen-bond donors (Lipinski definition) is 0. The van der Waals surface area contributed by atoms with Crippen molar-refractivity contribution in [3.63, 3.8) is 0 Å². The predicted molar refractivity (Wildman–Crippen MR) is 79.1 cm³/mol. The molecule has 0 aliphatic carbocycles. The molecule has 3 rings (SSSR count). The predicted octanol–water partition coefficient (Wildman–Crippen LogP) is 2.03. The number of rotatable bonds is 3. The van der Waals surface area contributed by atoms with Crippen LogP contribution in [0.25, 0.3) is 0 Å². The molecule has 0 N–H and O–H groups in total. The third-order valence-corrected chi connectivity index (χ3v) is 5.14. The number of alkyl halides is 3. The molecule has 4 nitrogen and oxygen atoms in total. The Balaban J connectivity index is 1.55. The van der Waals surface area contributed by atoms with Gasteiger partial charge in [-0.2, -0.15) is 13.2 Å². The van der Waals surface area contributed by atoms with Crippen LogP contribution in [0.4, 0.5) is 18.2 Å². The number of halogens is 3. The summed E-state index contributed by atoms with van der Waals surface area (Å²) in [6.45, 7) is 2.13. The molecule has 22 heavy (non-hydrogen) atoms. The van der Waals surface area contributed by atoms with Gasteiger partial charge in [-0.25, -0.2) is 0 Å². The van der Waals surface area contributed by atoms with Crippen LogP contribution in [0.15, 0.2) is 17.5 Å². The number of likely N-dealkylation sites (tertiary alicyclic amines) is 1. The van der Waals surface area contributed by atoms with Crippen LogP contribution in [0.3, 0.4) is 0 Å². The van der Waals surface area contributed by atoms with Crippen molar-refractivity contribution in [1.29, 1.82) is 0 Å². The van der Waals surface area contributed by atoms with Gasteiger partial charge in [-0.3, -0.25) is 9.69 Å². The van der Waals surface area contributed by atoms with Gasteiger partial charge in [0.1, 0.15) is 6.54 Å². The molecule has 2 aliphatic rings. The molecule has 0 unspecified atom stereocenters. The molecule has 1 amide bonds. The fourth-order valence-electron chi connectivity index (χ4n) is 3.14. The lowest BCUT2D eigenvalue weighted by atomic mass is 10.2. The van der Waals surface area contributed by atoms with E-state index in [4.69, 9.17) is 0 Å². The summed E-state index contributed by atoms with van der Waals surface area (Å²) in [7, 11) is 0. The van der Waals surface area contributed by atoms with Crippen molar-refractivity contribution in [1.82, 2.24) is 9.80 Å². The van der Waals surface area contributed by atoms with Gasteiger partial charge in [0, 0.05) is 32.7 Å². The van der Waals surface area contributed by atoms with Crippen molar-refractivity contribution < 1.29 is 18.0 Å². The maximum Gasteiger partial charge on any atom is 0.406 e. The molecule has 3 heterocycles. The number of carbonyl (C=O) groups is 1. The third-order valence-electron chi connectivity index (χ3n) is 4.21. The minimum atomic E-state index is -4.32. The normalized spacial score (nSPS) is 24.3. The summed E-state index contributed by atoms with van der Waals surface area (Å²) in [5, 5.41) is 3.23. The van der Waals surface area contributed by atoms with Crippen LogP contribution in [0.1, 0.15) is 6.42 Å². The van der Waals surface area contributed by atoms with Crippen molar-refractivity contribution in [2.24, 2.45) is 0 Å². The van der Waals surface area contributed by atoms with E-state index in [1.165, 1.54) is 5.00 Å². The standard InChI is InChI=1S/C14H18F3N3OS/c15-14(16,17)10-20-4-3-11(13(20)21)18-5-7-19(8-6-18)12-2-1-9-22-12/h1-2,9,11H,3-8,10H2/t11-/m0/s1. The first-order chi connectivity index (χ1) is 10.4. The summed E-state index contributed by atoms with van der Waals surface area (Å²) >= 11 is 1.68. The van der Waals surface area contributed by atoms with E-state index in [2.05, 4.69) is 11.0 Å². The van der Waals surface area contributed by atoms with Crippen LogP contribution in [0.5, 0.6) is 0 Å². The number of carbonyl (C=O) groups excluding carboxylic acids is 1. The van der Waals surface area contributed by atoms with E-state index in [9.17, 15) is 18.0 Å². The van der Waals surface area contributed by atoms with E-state index in [1.54, 1.807) is 11.3 Å². The van der Waals surface area contributed by atoms with Gasteiger partial charge in [0.25, 0.3) is 0 Å². The van der Waals surface area contributed by atoms with Gasteiger partial charge in [-0.1, -0.05) is 0 Å². The van der Waals surface area contributed by atoms with Crippen molar-refractivity contribution in [2.45, 2.75) is 18.6 Å². The van der Waals surface area contributed by atoms with Crippen molar-refractivity contribution >= 4 is 22.2 Å². The number of thiophene rings is 1. The first-order valence-electron chi connectivity index (χ1n) is 7.32. The lowest BCUT2D eigenvalue weighted by Gasteiger charge is -2.37. The summed E-state index contributed by atoms with van der Waals surface area (Å²) in [5.41, 5.74) is 0. The Morgan fingerprint density at radius 2 is 1.91 bits per heavy atom. The molecule has 0 aromatic carbocycles. The van der Waals surface area contributed by atoms with E-state index in [1.807, 2.05) is 16.3 Å². The Hall–Kier alpha value is -1.28. The molecule has 0 spiro atoms. The van der Waals surface area contributed by atoms with Crippen molar-refractivity contribution in [3.8, 4) is 0 Å². The van der Waals surface area contributed by atoms with Crippen LogP contribution < -0.4 is 4.90 Å². The Labute approximate surface area is 131 Å². The van der Waals surface area contributed by atoms with Crippen LogP contribution in [-0.4, -0.2) is 67.2 Å². The van der Waals surface area contributed by atoms with Crippen molar-refractivity contribution in [2.75, 3.05) is 44.2 Å². The fourth-order valence-corrected chi connectivity index (χ4v) is 3.92. The molecule has 2 fully saturated rings. The molecule has 1 aromatic rings. The number of piperazine rings is 1. The first kappa shape index (κ1) is 15.6. The fraction of sp³-hybridized carbons (Fsp3) is 0.643. The van der Waals surface area contributed by atoms with Crippen LogP contribution in [-0.2, 0) is 4.79 Å². The van der Waals surface area contributed by atoms with Crippen LogP contribution in [0.2, 0.25) is 0 Å². The number of anilines is 1. The maximum atomic E-state index is 12.4. The Morgan fingerprint density at radius 3 is 2.50 bits per heavy atom. The summed E-state index contributed by atoms with van der Waals surface area (Å²) in [6.07, 6.45) is -3.82. The smallest absolute Gasteiger partial charge is 0.361 e. The van der Waals surface area contributed by atoms with Gasteiger partial charge in [0.2, 0.25) is 5.91 Å². The molecule has 2 aliphatic heterocycles. The first-order valence-corrected chi connectivity index (χ1v) is 8.20. The molecule has 8 heteroatoms. The van der Waals surface area contributed by atoms with E-state index in [0.29, 0.717) is 19.5 Å². The summed E-state index contributed by atoms with van der Waals surface area (Å²) in [5.74, 6) is -0.373. The highest BCUT2D eigenvalue weighted by Gasteiger charge is 2.41. The number of nitrogens with zero attached hydrogens (tertiary/aromatic N) is 3. The highest BCUT2D eigenvalue weighted by molar-refractivity contribution is 7.14. The molecule has 1 atom stereocenters.